The van der Waals surface area contributed by atoms with Gasteiger partial charge >= 0.3 is 6.03 Å². The van der Waals surface area contributed by atoms with Crippen molar-refractivity contribution in [2.45, 2.75) is 50.9 Å². The molecule has 1 aliphatic heterocycles. The summed E-state index contributed by atoms with van der Waals surface area (Å²) >= 11 is 0. The third-order valence-corrected chi connectivity index (χ3v) is 7.84. The normalized spacial score (nSPS) is 19.2. The van der Waals surface area contributed by atoms with Gasteiger partial charge in [0.15, 0.2) is 5.03 Å². The summed E-state index contributed by atoms with van der Waals surface area (Å²) in [6.45, 7) is 7.25. The van der Waals surface area contributed by atoms with Crippen LogP contribution in [-0.4, -0.2) is 89.2 Å². The van der Waals surface area contributed by atoms with E-state index in [0.29, 0.717) is 5.69 Å². The summed E-state index contributed by atoms with van der Waals surface area (Å²) in [5.41, 5.74) is 0.597. The number of amides is 3. The van der Waals surface area contributed by atoms with Crippen LogP contribution in [0.5, 0.6) is 5.75 Å². The van der Waals surface area contributed by atoms with E-state index >= 15 is 0 Å². The van der Waals surface area contributed by atoms with Gasteiger partial charge in [-0.3, -0.25) is 4.79 Å². The van der Waals surface area contributed by atoms with Crippen LogP contribution in [0, 0.1) is 5.92 Å². The highest BCUT2D eigenvalue weighted by atomic mass is 32.2. The zero-order valence-electron chi connectivity index (χ0n) is 22.0. The largest absolute Gasteiger partial charge is 0.488 e. The quantitative estimate of drug-likeness (QED) is 0.463. The number of fused-ring (bicyclic) bond motifs is 1. The zero-order chi connectivity index (χ0) is 27.5. The van der Waals surface area contributed by atoms with Gasteiger partial charge < -0.3 is 29.9 Å². The van der Waals surface area contributed by atoms with E-state index in [9.17, 15) is 23.1 Å². The van der Waals surface area contributed by atoms with Gasteiger partial charge in [-0.2, -0.15) is 4.31 Å². The molecule has 0 saturated carbocycles. The molecule has 3 N–H and O–H groups in total. The molecule has 0 saturated heterocycles. The van der Waals surface area contributed by atoms with Gasteiger partial charge in [0.05, 0.1) is 31.1 Å². The maximum absolute atomic E-state index is 13.5. The molecule has 0 fully saturated rings. The molecule has 0 unspecified atom stereocenters. The Morgan fingerprint density at radius 1 is 1.32 bits per heavy atom. The number of nitrogens with one attached hydrogen (secondary N) is 2. The van der Waals surface area contributed by atoms with Crippen LogP contribution in [0.1, 0.15) is 38.1 Å². The molecular formula is C24H36N6O6S. The average Bonchev–Trinajstić information content (AvgIpc) is 3.27. The van der Waals surface area contributed by atoms with Gasteiger partial charge in [-0.1, -0.05) is 6.92 Å². The predicted molar refractivity (Wildman–Crippen MR) is 138 cm³/mol. The summed E-state index contributed by atoms with van der Waals surface area (Å²) in [6.07, 6.45) is 2.22. The fourth-order valence-electron chi connectivity index (χ4n) is 3.98. The first-order valence-electron chi connectivity index (χ1n) is 12.1. The Kier molecular flexibility index (Phi) is 8.82. The second-order valence-electron chi connectivity index (χ2n) is 9.75. The Hall–Kier alpha value is -3.16. The number of aliphatic hydroxyl groups excluding tert-OH is 1. The molecule has 3 rings (SSSR count). The summed E-state index contributed by atoms with van der Waals surface area (Å²) in [4.78, 5) is 31.2. The Bertz CT molecular complexity index is 1230. The standard InChI is InChI=1S/C24H36N6O6S/c1-15(2)26-24(33)27-18-7-8-20-19(9-18)23(32)30(17(4)13-31)10-16(3)21(36-20)11-29(6)37(34,35)22-12-28(5)14-25-22/h7-9,12,14-17,21,31H,10-11,13H2,1-6H3,(H2,26,27,33)/t16-,17+,21+/m0/s1. The second-order valence-corrected chi connectivity index (χ2v) is 11.7. The van der Waals surface area contributed by atoms with Gasteiger partial charge in [0, 0.05) is 44.5 Å². The summed E-state index contributed by atoms with van der Waals surface area (Å²) in [5, 5.41) is 15.2. The number of aryl methyl sites for hydroxylation is 1. The molecule has 1 aromatic heterocycles. The van der Waals surface area contributed by atoms with Crippen LogP contribution in [-0.2, 0) is 17.1 Å². The number of hydrogen-bond donors (Lipinski definition) is 3. The number of rotatable bonds is 8. The number of aliphatic hydroxyl groups is 1. The molecule has 0 radical (unpaired) electrons. The summed E-state index contributed by atoms with van der Waals surface area (Å²) < 4.78 is 35.1. The Morgan fingerprint density at radius 3 is 2.62 bits per heavy atom. The van der Waals surface area contributed by atoms with Crippen molar-refractivity contribution in [3.8, 4) is 5.75 Å². The van der Waals surface area contributed by atoms with E-state index < -0.39 is 28.2 Å². The highest BCUT2D eigenvalue weighted by molar-refractivity contribution is 7.89. The summed E-state index contributed by atoms with van der Waals surface area (Å²) in [5.74, 6) is -0.374. The number of carbonyl (C=O) groups is 2. The van der Waals surface area contributed by atoms with Crippen LogP contribution in [0.25, 0.3) is 0 Å². The second kappa shape index (κ2) is 11.5. The third kappa shape index (κ3) is 6.59. The lowest BCUT2D eigenvalue weighted by molar-refractivity contribution is 0.0387. The van der Waals surface area contributed by atoms with Gasteiger partial charge in [-0.25, -0.2) is 18.2 Å². The number of likely N-dealkylation sites (N-methyl/N-ethyl adjacent to an activating group) is 1. The van der Waals surface area contributed by atoms with Gasteiger partial charge in [0.25, 0.3) is 15.9 Å². The molecule has 2 aromatic rings. The van der Waals surface area contributed by atoms with Crippen LogP contribution >= 0.6 is 0 Å². The van der Waals surface area contributed by atoms with E-state index in [1.54, 1.807) is 35.6 Å². The number of hydrogen-bond acceptors (Lipinski definition) is 7. The number of nitrogens with zero attached hydrogens (tertiary/aromatic N) is 4. The molecule has 0 aliphatic carbocycles. The van der Waals surface area contributed by atoms with Crippen molar-refractivity contribution >= 4 is 27.6 Å². The smallest absolute Gasteiger partial charge is 0.319 e. The van der Waals surface area contributed by atoms with Crippen molar-refractivity contribution in [1.82, 2.24) is 24.1 Å². The first-order chi connectivity index (χ1) is 17.3. The number of aromatic nitrogens is 2. The number of urea groups is 1. The SMILES string of the molecule is CC(C)NC(=O)Nc1ccc2c(c1)C(=O)N([C@H](C)CO)C[C@H](C)[C@@H](CN(C)S(=O)(=O)c1cn(C)cn1)O2. The third-order valence-electron chi connectivity index (χ3n) is 6.14. The number of benzene rings is 1. The molecule has 1 aromatic carbocycles. The van der Waals surface area contributed by atoms with E-state index in [1.807, 2.05) is 20.8 Å². The molecular weight excluding hydrogens is 500 g/mol. The van der Waals surface area contributed by atoms with Crippen molar-refractivity contribution in [2.75, 3.05) is 32.1 Å². The number of sulfonamides is 1. The van der Waals surface area contributed by atoms with Crippen molar-refractivity contribution in [3.63, 3.8) is 0 Å². The van der Waals surface area contributed by atoms with Crippen LogP contribution in [0.3, 0.4) is 0 Å². The minimum Gasteiger partial charge on any atom is -0.488 e. The molecule has 0 spiro atoms. The number of ether oxygens (including phenoxy) is 1. The topological polar surface area (TPSA) is 146 Å². The minimum atomic E-state index is -3.87. The lowest BCUT2D eigenvalue weighted by atomic mass is 9.99. The molecule has 13 heteroatoms. The van der Waals surface area contributed by atoms with Gasteiger partial charge in [-0.15, -0.1) is 0 Å². The van der Waals surface area contributed by atoms with E-state index in [0.717, 1.165) is 0 Å². The van der Waals surface area contributed by atoms with Crippen molar-refractivity contribution < 1.29 is 27.9 Å². The monoisotopic (exact) mass is 536 g/mol. The molecule has 0 bridgehead atoms. The maximum atomic E-state index is 13.5. The van der Waals surface area contributed by atoms with Crippen molar-refractivity contribution in [3.05, 3.63) is 36.3 Å². The fraction of sp³-hybridized carbons (Fsp3) is 0.542. The summed E-state index contributed by atoms with van der Waals surface area (Å²) in [7, 11) is -0.724. The lowest BCUT2D eigenvalue weighted by Gasteiger charge is -2.38. The van der Waals surface area contributed by atoms with Gasteiger partial charge in [0.2, 0.25) is 0 Å². The number of carbonyl (C=O) groups excluding carboxylic acids is 2. The molecule has 3 amide bonds. The van der Waals surface area contributed by atoms with E-state index in [-0.39, 0.29) is 53.9 Å². The average molecular weight is 537 g/mol. The maximum Gasteiger partial charge on any atom is 0.319 e. The van der Waals surface area contributed by atoms with Crippen molar-refractivity contribution in [2.24, 2.45) is 13.0 Å². The molecule has 3 atom stereocenters. The first-order valence-corrected chi connectivity index (χ1v) is 13.5. The fourth-order valence-corrected chi connectivity index (χ4v) is 5.12. The van der Waals surface area contributed by atoms with Crippen molar-refractivity contribution in [1.29, 1.82) is 0 Å². The minimum absolute atomic E-state index is 0.00580. The zero-order valence-corrected chi connectivity index (χ0v) is 22.8. The molecule has 1 aliphatic rings. The highest BCUT2D eigenvalue weighted by Gasteiger charge is 2.35. The number of imidazole rings is 1. The Balaban J connectivity index is 1.95. The lowest BCUT2D eigenvalue weighted by Crippen LogP contribution is -2.50. The molecule has 12 nitrogen and oxygen atoms in total. The predicted octanol–water partition coefficient (Wildman–Crippen LogP) is 1.49. The Labute approximate surface area is 217 Å². The van der Waals surface area contributed by atoms with E-state index in [4.69, 9.17) is 4.74 Å². The first kappa shape index (κ1) is 28.4. The Morgan fingerprint density at radius 2 is 2.03 bits per heavy atom. The van der Waals surface area contributed by atoms with Gasteiger partial charge in [-0.05, 0) is 39.0 Å². The molecule has 204 valence electrons. The van der Waals surface area contributed by atoms with Crippen LogP contribution in [0.15, 0.2) is 35.7 Å². The van der Waals surface area contributed by atoms with Crippen LogP contribution in [0.4, 0.5) is 10.5 Å². The molecule has 2 heterocycles. The van der Waals surface area contributed by atoms with E-state index in [2.05, 4.69) is 15.6 Å². The summed E-state index contributed by atoms with van der Waals surface area (Å²) in [6, 6.07) is 3.74. The van der Waals surface area contributed by atoms with Gasteiger partial charge in [0.1, 0.15) is 11.9 Å². The van der Waals surface area contributed by atoms with Crippen LogP contribution in [0.2, 0.25) is 0 Å². The molecule has 37 heavy (non-hydrogen) atoms. The van der Waals surface area contributed by atoms with E-state index in [1.165, 1.54) is 29.9 Å². The number of anilines is 1. The van der Waals surface area contributed by atoms with Crippen LogP contribution < -0.4 is 15.4 Å². The highest BCUT2D eigenvalue weighted by Crippen LogP contribution is 2.31.